The van der Waals surface area contributed by atoms with E-state index in [0.29, 0.717) is 21.2 Å². The van der Waals surface area contributed by atoms with Gasteiger partial charge in [0, 0.05) is 24.6 Å². The molecular weight excluding hydrogens is 374 g/mol. The quantitative estimate of drug-likeness (QED) is 0.674. The summed E-state index contributed by atoms with van der Waals surface area (Å²) < 4.78 is 0. The van der Waals surface area contributed by atoms with Gasteiger partial charge in [-0.05, 0) is 43.5 Å². The van der Waals surface area contributed by atoms with E-state index in [2.05, 4.69) is 16.0 Å². The molecule has 0 spiro atoms. The molecule has 0 aliphatic heterocycles. The lowest BCUT2D eigenvalue weighted by molar-refractivity contribution is -0.121. The Kier molecular flexibility index (Phi) is 7.17. The zero-order valence-electron chi connectivity index (χ0n) is 14.5. The maximum atomic E-state index is 12.2. The van der Waals surface area contributed by atoms with Gasteiger partial charge >= 0.3 is 0 Å². The van der Waals surface area contributed by atoms with Crippen molar-refractivity contribution in [1.29, 1.82) is 0 Å². The largest absolute Gasteiger partial charge is 0.354 e. The summed E-state index contributed by atoms with van der Waals surface area (Å²) >= 11 is 7.42. The molecule has 3 amide bonds. The molecule has 0 saturated heterocycles. The third-order valence-corrected chi connectivity index (χ3v) is 4.51. The van der Waals surface area contributed by atoms with E-state index in [1.54, 1.807) is 29.6 Å². The van der Waals surface area contributed by atoms with Gasteiger partial charge in [0.05, 0.1) is 15.6 Å². The Balaban J connectivity index is 1.96. The normalized spacial score (nSPS) is 10.5. The molecule has 2 rings (SSSR count). The highest BCUT2D eigenvalue weighted by atomic mass is 35.5. The van der Waals surface area contributed by atoms with Gasteiger partial charge in [0.15, 0.2) is 0 Å². The molecule has 1 heterocycles. The van der Waals surface area contributed by atoms with Gasteiger partial charge in [-0.15, -0.1) is 11.3 Å². The number of carbonyl (C=O) groups excluding carboxylic acids is 3. The molecule has 0 unspecified atom stereocenters. The van der Waals surface area contributed by atoms with Crippen LogP contribution in [0.3, 0.4) is 0 Å². The molecule has 1 aromatic heterocycles. The molecule has 6 nitrogen and oxygen atoms in total. The third kappa shape index (κ3) is 5.86. The number of carbonyl (C=O) groups is 3. The lowest BCUT2D eigenvalue weighted by Crippen LogP contribution is -2.34. The standard InChI is InChI=1S/C18H20ClN3O3S/c1-11(2)21-16(23)7-8-20-17(24)12-5-6-13(19)14(10-12)22-18(25)15-4-3-9-26-15/h3-6,9-11H,7-8H2,1-2H3,(H,20,24)(H,21,23)(H,22,25). The van der Waals surface area contributed by atoms with Crippen LogP contribution in [0.15, 0.2) is 35.7 Å². The predicted octanol–water partition coefficient (Wildman–Crippen LogP) is 3.30. The molecule has 0 aliphatic rings. The summed E-state index contributed by atoms with van der Waals surface area (Å²) in [6.07, 6.45) is 0.194. The van der Waals surface area contributed by atoms with Crippen molar-refractivity contribution in [2.45, 2.75) is 26.3 Å². The van der Waals surface area contributed by atoms with E-state index in [1.807, 2.05) is 13.8 Å². The van der Waals surface area contributed by atoms with E-state index < -0.39 is 0 Å². The number of benzene rings is 1. The minimum atomic E-state index is -0.342. The summed E-state index contributed by atoms with van der Waals surface area (Å²) in [5.41, 5.74) is 0.704. The molecule has 26 heavy (non-hydrogen) atoms. The van der Waals surface area contributed by atoms with Gasteiger partial charge in [-0.2, -0.15) is 0 Å². The molecule has 2 aromatic rings. The summed E-state index contributed by atoms with van der Waals surface area (Å²) in [5, 5.41) is 10.3. The Morgan fingerprint density at radius 1 is 1.15 bits per heavy atom. The number of thiophene rings is 1. The van der Waals surface area contributed by atoms with E-state index in [0.717, 1.165) is 0 Å². The minimum absolute atomic E-state index is 0.0592. The van der Waals surface area contributed by atoms with Crippen LogP contribution in [0.5, 0.6) is 0 Å². The maximum absolute atomic E-state index is 12.2. The van der Waals surface area contributed by atoms with Crippen LogP contribution in [0.4, 0.5) is 5.69 Å². The number of hydrogen-bond acceptors (Lipinski definition) is 4. The van der Waals surface area contributed by atoms with Crippen LogP contribution >= 0.6 is 22.9 Å². The van der Waals surface area contributed by atoms with Gasteiger partial charge in [0.2, 0.25) is 5.91 Å². The monoisotopic (exact) mass is 393 g/mol. The lowest BCUT2D eigenvalue weighted by Gasteiger charge is -2.11. The van der Waals surface area contributed by atoms with Gasteiger partial charge in [0.1, 0.15) is 0 Å². The first kappa shape index (κ1) is 19.9. The third-order valence-electron chi connectivity index (χ3n) is 3.31. The van der Waals surface area contributed by atoms with Gasteiger partial charge in [0.25, 0.3) is 11.8 Å². The van der Waals surface area contributed by atoms with Crippen molar-refractivity contribution in [2.24, 2.45) is 0 Å². The van der Waals surface area contributed by atoms with Crippen LogP contribution in [0.1, 0.15) is 40.3 Å². The van der Waals surface area contributed by atoms with Gasteiger partial charge in [-0.3, -0.25) is 14.4 Å². The second kappa shape index (κ2) is 9.35. The average Bonchev–Trinajstić information content (AvgIpc) is 3.10. The number of rotatable bonds is 7. The van der Waals surface area contributed by atoms with E-state index in [9.17, 15) is 14.4 Å². The molecule has 138 valence electrons. The first-order chi connectivity index (χ1) is 12.4. The van der Waals surface area contributed by atoms with Crippen molar-refractivity contribution in [1.82, 2.24) is 10.6 Å². The molecule has 1 aromatic carbocycles. The topological polar surface area (TPSA) is 87.3 Å². The van der Waals surface area contributed by atoms with Crippen molar-refractivity contribution < 1.29 is 14.4 Å². The number of hydrogen-bond donors (Lipinski definition) is 3. The second-order valence-electron chi connectivity index (χ2n) is 5.85. The fraction of sp³-hybridized carbons (Fsp3) is 0.278. The van der Waals surface area contributed by atoms with E-state index in [4.69, 9.17) is 11.6 Å². The van der Waals surface area contributed by atoms with Gasteiger partial charge < -0.3 is 16.0 Å². The van der Waals surface area contributed by atoms with Crippen LogP contribution in [-0.2, 0) is 4.79 Å². The maximum Gasteiger partial charge on any atom is 0.265 e. The number of nitrogens with one attached hydrogen (secondary N) is 3. The zero-order valence-corrected chi connectivity index (χ0v) is 16.0. The van der Waals surface area contributed by atoms with Crippen LogP contribution in [-0.4, -0.2) is 30.3 Å². The highest BCUT2D eigenvalue weighted by molar-refractivity contribution is 7.12. The molecule has 0 saturated carbocycles. The average molecular weight is 394 g/mol. The van der Waals surface area contributed by atoms with E-state index >= 15 is 0 Å². The Labute approximate surface area is 160 Å². The number of halogens is 1. The molecule has 3 N–H and O–H groups in total. The van der Waals surface area contributed by atoms with Crippen molar-refractivity contribution in [3.8, 4) is 0 Å². The summed E-state index contributed by atoms with van der Waals surface area (Å²) in [5.74, 6) is -0.754. The smallest absolute Gasteiger partial charge is 0.265 e. The van der Waals surface area contributed by atoms with Crippen molar-refractivity contribution >= 4 is 46.3 Å². The molecule has 0 bridgehead atoms. The number of anilines is 1. The Morgan fingerprint density at radius 3 is 2.58 bits per heavy atom. The summed E-state index contributed by atoms with van der Waals surface area (Å²) in [6.45, 7) is 3.96. The fourth-order valence-corrected chi connectivity index (χ4v) is 2.92. The fourth-order valence-electron chi connectivity index (χ4n) is 2.14. The summed E-state index contributed by atoms with van der Waals surface area (Å²) in [4.78, 5) is 36.5. The van der Waals surface area contributed by atoms with Crippen molar-refractivity contribution in [3.05, 3.63) is 51.2 Å². The summed E-state index contributed by atoms with van der Waals surface area (Å²) in [6, 6.07) is 8.16. The first-order valence-electron chi connectivity index (χ1n) is 8.09. The van der Waals surface area contributed by atoms with Crippen LogP contribution in [0, 0.1) is 0 Å². The van der Waals surface area contributed by atoms with Crippen molar-refractivity contribution in [3.63, 3.8) is 0 Å². The molecular formula is C18H20ClN3O3S. The molecule has 0 fully saturated rings. The molecule has 0 atom stereocenters. The number of amides is 3. The van der Waals surface area contributed by atoms with E-state index in [-0.39, 0.29) is 36.7 Å². The molecule has 0 aliphatic carbocycles. The lowest BCUT2D eigenvalue weighted by atomic mass is 10.2. The Morgan fingerprint density at radius 2 is 1.92 bits per heavy atom. The second-order valence-corrected chi connectivity index (χ2v) is 7.21. The predicted molar refractivity (Wildman–Crippen MR) is 104 cm³/mol. The SMILES string of the molecule is CC(C)NC(=O)CCNC(=O)c1ccc(Cl)c(NC(=O)c2cccs2)c1. The van der Waals surface area contributed by atoms with Crippen LogP contribution in [0.2, 0.25) is 5.02 Å². The molecule has 0 radical (unpaired) electrons. The minimum Gasteiger partial charge on any atom is -0.354 e. The highest BCUT2D eigenvalue weighted by Crippen LogP contribution is 2.24. The first-order valence-corrected chi connectivity index (χ1v) is 9.34. The van der Waals surface area contributed by atoms with Crippen LogP contribution < -0.4 is 16.0 Å². The summed E-state index contributed by atoms with van der Waals surface area (Å²) in [7, 11) is 0. The Hall–Kier alpha value is -2.38. The van der Waals surface area contributed by atoms with E-state index in [1.165, 1.54) is 17.4 Å². The zero-order chi connectivity index (χ0) is 19.1. The van der Waals surface area contributed by atoms with Crippen molar-refractivity contribution in [2.75, 3.05) is 11.9 Å². The van der Waals surface area contributed by atoms with Crippen LogP contribution in [0.25, 0.3) is 0 Å². The Bertz CT molecular complexity index is 791. The van der Waals surface area contributed by atoms with Gasteiger partial charge in [-0.25, -0.2) is 0 Å². The van der Waals surface area contributed by atoms with Gasteiger partial charge in [-0.1, -0.05) is 17.7 Å². The highest BCUT2D eigenvalue weighted by Gasteiger charge is 2.13. The molecule has 8 heteroatoms.